The van der Waals surface area contributed by atoms with Crippen LogP contribution in [0.2, 0.25) is 0 Å². The largest absolute Gasteiger partial charge is 0.456 e. The quantitative estimate of drug-likeness (QED) is 0.640. The third-order valence-electron chi connectivity index (χ3n) is 2.79. The van der Waals surface area contributed by atoms with Gasteiger partial charge in [0.15, 0.2) is 0 Å². The zero-order valence-corrected chi connectivity index (χ0v) is 13.1. The Balaban J connectivity index is 3.08. The van der Waals surface area contributed by atoms with Gasteiger partial charge in [0, 0.05) is 5.69 Å². The number of anilines is 1. The smallest absolute Gasteiger partial charge is 0.408 e. The van der Waals surface area contributed by atoms with Crippen LogP contribution >= 0.6 is 0 Å². The average Bonchev–Trinajstić information content (AvgIpc) is 2.31. The summed E-state index contributed by atoms with van der Waals surface area (Å²) in [6.07, 6.45) is -4.88. The summed E-state index contributed by atoms with van der Waals surface area (Å²) in [6.45, 7) is 5.84. The molecule has 0 bridgehead atoms. The molecule has 3 nitrogen and oxygen atoms in total. The highest BCUT2D eigenvalue weighted by Crippen LogP contribution is 2.28. The van der Waals surface area contributed by atoms with Gasteiger partial charge in [-0.3, -0.25) is 0 Å². The summed E-state index contributed by atoms with van der Waals surface area (Å²) >= 11 is 0. The number of rotatable bonds is 4. The lowest BCUT2D eigenvalue weighted by molar-refractivity contribution is -0.142. The van der Waals surface area contributed by atoms with E-state index in [9.17, 15) is 26.7 Å². The van der Waals surface area contributed by atoms with Crippen molar-refractivity contribution in [3.8, 4) is 0 Å². The van der Waals surface area contributed by atoms with Gasteiger partial charge >= 0.3 is 12.1 Å². The lowest BCUT2D eigenvalue weighted by Gasteiger charge is -2.22. The van der Waals surface area contributed by atoms with E-state index in [0.29, 0.717) is 12.1 Å². The Morgan fingerprint density at radius 3 is 2.00 bits per heavy atom. The van der Waals surface area contributed by atoms with Crippen molar-refractivity contribution in [2.75, 3.05) is 5.32 Å². The van der Waals surface area contributed by atoms with Crippen LogP contribution in [0.15, 0.2) is 12.1 Å². The van der Waals surface area contributed by atoms with Crippen LogP contribution < -0.4 is 5.32 Å². The van der Waals surface area contributed by atoms with Gasteiger partial charge in [0.2, 0.25) is 0 Å². The third-order valence-corrected chi connectivity index (χ3v) is 2.79. The van der Waals surface area contributed by atoms with Gasteiger partial charge in [-0.15, -0.1) is 0 Å². The molecule has 0 aromatic heterocycles. The van der Waals surface area contributed by atoms with Crippen molar-refractivity contribution in [1.29, 1.82) is 0 Å². The van der Waals surface area contributed by atoms with Crippen molar-refractivity contribution in [3.05, 3.63) is 29.3 Å². The molecule has 23 heavy (non-hydrogen) atoms. The maximum absolute atomic E-state index is 13.9. The number of carbonyl (C=O) groups is 1. The normalized spacial score (nSPS) is 13.6. The van der Waals surface area contributed by atoms with E-state index in [1.54, 1.807) is 0 Å². The van der Waals surface area contributed by atoms with E-state index in [1.807, 2.05) is 5.32 Å². The van der Waals surface area contributed by atoms with Gasteiger partial charge < -0.3 is 10.1 Å². The molecule has 1 atom stereocenters. The molecule has 8 heteroatoms. The van der Waals surface area contributed by atoms with Gasteiger partial charge in [0.25, 0.3) is 0 Å². The molecule has 130 valence electrons. The van der Waals surface area contributed by atoms with Crippen molar-refractivity contribution >= 4 is 11.7 Å². The van der Waals surface area contributed by atoms with Gasteiger partial charge in [-0.05, 0) is 39.3 Å². The molecular weight excluding hydrogens is 321 g/mol. The minimum absolute atomic E-state index is 0.319. The Bertz CT molecular complexity index is 555. The fraction of sp³-hybridized carbons (Fsp3) is 0.533. The van der Waals surface area contributed by atoms with E-state index in [1.165, 1.54) is 27.7 Å². The molecule has 0 heterocycles. The summed E-state index contributed by atoms with van der Waals surface area (Å²) in [4.78, 5) is 11.7. The number of nitrogens with one attached hydrogen (secondary N) is 1. The van der Waals surface area contributed by atoms with Crippen LogP contribution in [-0.4, -0.2) is 23.8 Å². The van der Waals surface area contributed by atoms with Crippen LogP contribution in [-0.2, 0) is 4.74 Å². The van der Waals surface area contributed by atoms with E-state index in [-0.39, 0.29) is 6.42 Å². The van der Waals surface area contributed by atoms with Crippen LogP contribution in [0, 0.1) is 11.6 Å². The lowest BCUT2D eigenvalue weighted by Crippen LogP contribution is -2.35. The van der Waals surface area contributed by atoms with Crippen LogP contribution in [0.5, 0.6) is 0 Å². The van der Waals surface area contributed by atoms with E-state index in [0.717, 1.165) is 0 Å². The summed E-state index contributed by atoms with van der Waals surface area (Å²) in [5, 5.41) is 2.01. The fourth-order valence-electron chi connectivity index (χ4n) is 1.80. The first-order valence-corrected chi connectivity index (χ1v) is 6.90. The number of hydrogen-bond donors (Lipinski definition) is 1. The van der Waals surface area contributed by atoms with Gasteiger partial charge in [0.1, 0.15) is 28.8 Å². The summed E-state index contributed by atoms with van der Waals surface area (Å²) in [5.74, 6) is -3.81. The summed E-state index contributed by atoms with van der Waals surface area (Å²) in [5.41, 5.74) is -2.31. The second-order valence-corrected chi connectivity index (χ2v) is 5.96. The van der Waals surface area contributed by atoms with Crippen molar-refractivity contribution in [3.63, 3.8) is 0 Å². The van der Waals surface area contributed by atoms with Crippen LogP contribution in [0.25, 0.3) is 0 Å². The maximum atomic E-state index is 13.9. The Morgan fingerprint density at radius 2 is 1.65 bits per heavy atom. The Hall–Kier alpha value is -1.86. The monoisotopic (exact) mass is 339 g/mol. The molecule has 1 N–H and O–H groups in total. The van der Waals surface area contributed by atoms with Gasteiger partial charge in [-0.2, -0.15) is 13.2 Å². The lowest BCUT2D eigenvalue weighted by atomic mass is 10.1. The average molecular weight is 339 g/mol. The Kier molecular flexibility index (Phi) is 5.60. The highest BCUT2D eigenvalue weighted by atomic mass is 19.4. The number of carbonyl (C=O) groups excluding carboxylic acids is 1. The molecule has 1 aromatic carbocycles. The molecule has 1 rings (SSSR count). The van der Waals surface area contributed by atoms with E-state index >= 15 is 0 Å². The topological polar surface area (TPSA) is 38.3 Å². The number of alkyl halides is 3. The molecule has 0 amide bonds. The number of ether oxygens (including phenoxy) is 1. The van der Waals surface area contributed by atoms with Crippen molar-refractivity contribution in [2.45, 2.75) is 51.9 Å². The first-order chi connectivity index (χ1) is 10.3. The van der Waals surface area contributed by atoms with Crippen molar-refractivity contribution in [1.82, 2.24) is 0 Å². The first kappa shape index (κ1) is 19.2. The van der Waals surface area contributed by atoms with Gasteiger partial charge in [-0.1, -0.05) is 6.92 Å². The predicted molar refractivity (Wildman–Crippen MR) is 75.3 cm³/mol. The molecule has 0 spiro atoms. The zero-order chi connectivity index (χ0) is 18.0. The molecule has 0 aliphatic carbocycles. The summed E-state index contributed by atoms with van der Waals surface area (Å²) in [6, 6.07) is -0.679. The summed E-state index contributed by atoms with van der Waals surface area (Å²) < 4.78 is 70.7. The number of benzene rings is 1. The number of esters is 1. The van der Waals surface area contributed by atoms with Crippen LogP contribution in [0.1, 0.15) is 44.5 Å². The van der Waals surface area contributed by atoms with Gasteiger partial charge in [-0.25, -0.2) is 13.6 Å². The zero-order valence-electron chi connectivity index (χ0n) is 13.1. The first-order valence-electron chi connectivity index (χ1n) is 6.90. The fourth-order valence-corrected chi connectivity index (χ4v) is 1.80. The summed E-state index contributed by atoms with van der Waals surface area (Å²) in [7, 11) is 0. The highest BCUT2D eigenvalue weighted by molar-refractivity contribution is 5.90. The molecule has 0 radical (unpaired) electrons. The minimum Gasteiger partial charge on any atom is -0.456 e. The highest BCUT2D eigenvalue weighted by Gasteiger charge is 2.38. The minimum atomic E-state index is -4.56. The second-order valence-electron chi connectivity index (χ2n) is 5.96. The predicted octanol–water partition coefficient (Wildman–Crippen LogP) is 4.67. The van der Waals surface area contributed by atoms with Crippen molar-refractivity contribution in [2.24, 2.45) is 0 Å². The molecule has 0 unspecified atom stereocenters. The Morgan fingerprint density at radius 1 is 1.17 bits per heavy atom. The number of hydrogen-bond acceptors (Lipinski definition) is 3. The third kappa shape index (κ3) is 5.37. The molecule has 0 fully saturated rings. The molecule has 0 saturated carbocycles. The molecule has 0 aliphatic rings. The molecule has 1 aromatic rings. The van der Waals surface area contributed by atoms with Gasteiger partial charge in [0.05, 0.1) is 0 Å². The second kappa shape index (κ2) is 6.72. The van der Waals surface area contributed by atoms with Crippen LogP contribution in [0.4, 0.5) is 27.6 Å². The molecule has 0 saturated heterocycles. The molecular formula is C15H18F5NO2. The van der Waals surface area contributed by atoms with E-state index in [2.05, 4.69) is 0 Å². The number of halogens is 5. The van der Waals surface area contributed by atoms with Crippen molar-refractivity contribution < 1.29 is 31.5 Å². The maximum Gasteiger partial charge on any atom is 0.408 e. The molecule has 0 aliphatic heterocycles. The SMILES string of the molecule is CC[C@@H](Nc1cc(F)c(C(=O)OC(C)(C)C)c(F)c1)C(F)(F)F. The van der Waals surface area contributed by atoms with E-state index in [4.69, 9.17) is 4.74 Å². The Labute approximate surface area is 130 Å². The standard InChI is InChI=1S/C15H18F5NO2/c1-5-11(15(18,19)20)21-8-6-9(16)12(10(17)7-8)13(22)23-14(2,3)4/h6-7,11,21H,5H2,1-4H3/t11-/m1/s1. The van der Waals surface area contributed by atoms with E-state index < -0.39 is 46.7 Å². The van der Waals surface area contributed by atoms with Crippen LogP contribution in [0.3, 0.4) is 0 Å².